The summed E-state index contributed by atoms with van der Waals surface area (Å²) < 4.78 is 1.51. The fourth-order valence-corrected chi connectivity index (χ4v) is 3.48. The van der Waals surface area contributed by atoms with Crippen molar-refractivity contribution in [3.8, 4) is 0 Å². The average Bonchev–Trinajstić information content (AvgIpc) is 2.66. The lowest BCUT2D eigenvalue weighted by molar-refractivity contribution is 0.0695. The van der Waals surface area contributed by atoms with E-state index < -0.39 is 5.97 Å². The molecule has 0 aliphatic rings. The van der Waals surface area contributed by atoms with Gasteiger partial charge < -0.3 is 5.11 Å². The number of hydrogen-bond acceptors (Lipinski definition) is 4. The highest BCUT2D eigenvalue weighted by atomic mass is 79.9. The Bertz CT molecular complexity index is 568. The first-order valence-electron chi connectivity index (χ1n) is 4.69. The fourth-order valence-electron chi connectivity index (χ4n) is 1.21. The van der Waals surface area contributed by atoms with Gasteiger partial charge in [-0.25, -0.2) is 9.78 Å². The second kappa shape index (κ2) is 5.20. The van der Waals surface area contributed by atoms with Crippen LogP contribution < -0.4 is 0 Å². The Morgan fingerprint density at radius 2 is 2.29 bits per heavy atom. The second-order valence-electron chi connectivity index (χ2n) is 3.30. The Labute approximate surface area is 115 Å². The van der Waals surface area contributed by atoms with Crippen LogP contribution in [0.25, 0.3) is 0 Å². The molecule has 0 spiro atoms. The van der Waals surface area contributed by atoms with Gasteiger partial charge in [0.25, 0.3) is 0 Å². The summed E-state index contributed by atoms with van der Waals surface area (Å²) in [6, 6.07) is 5.26. The molecule has 1 N–H and O–H groups in total. The highest BCUT2D eigenvalue weighted by molar-refractivity contribution is 9.10. The van der Waals surface area contributed by atoms with E-state index in [0.29, 0.717) is 4.47 Å². The van der Waals surface area contributed by atoms with Crippen molar-refractivity contribution in [1.29, 1.82) is 0 Å². The van der Waals surface area contributed by atoms with Crippen LogP contribution in [0.5, 0.6) is 0 Å². The van der Waals surface area contributed by atoms with E-state index in [4.69, 9.17) is 5.11 Å². The average molecular weight is 330 g/mol. The zero-order chi connectivity index (χ0) is 12.4. The van der Waals surface area contributed by atoms with Crippen molar-refractivity contribution in [2.24, 2.45) is 0 Å². The summed E-state index contributed by atoms with van der Waals surface area (Å²) in [5.41, 5.74) is 1.25. The molecule has 0 atom stereocenters. The monoisotopic (exact) mass is 329 g/mol. The summed E-state index contributed by atoms with van der Waals surface area (Å²) in [7, 11) is 0. The zero-order valence-corrected chi connectivity index (χ0v) is 12.0. The molecule has 88 valence electrons. The van der Waals surface area contributed by atoms with E-state index in [-0.39, 0.29) is 5.56 Å². The van der Waals surface area contributed by atoms with Crippen molar-refractivity contribution < 1.29 is 9.90 Å². The maximum Gasteiger partial charge on any atom is 0.336 e. The SMILES string of the molecule is Cc1csc(Sc2ccc(Br)c(C(=O)O)c2)n1. The number of benzene rings is 1. The van der Waals surface area contributed by atoms with Crippen LogP contribution in [0, 0.1) is 6.92 Å². The van der Waals surface area contributed by atoms with E-state index in [1.54, 1.807) is 23.5 Å². The van der Waals surface area contributed by atoms with Gasteiger partial charge in [-0.3, -0.25) is 0 Å². The fraction of sp³-hybridized carbons (Fsp3) is 0.0909. The Morgan fingerprint density at radius 1 is 1.53 bits per heavy atom. The lowest BCUT2D eigenvalue weighted by atomic mass is 10.2. The lowest BCUT2D eigenvalue weighted by Gasteiger charge is -2.02. The molecule has 1 aromatic heterocycles. The molecule has 2 aromatic rings. The van der Waals surface area contributed by atoms with Crippen LogP contribution in [0.4, 0.5) is 0 Å². The topological polar surface area (TPSA) is 50.2 Å². The summed E-state index contributed by atoms with van der Waals surface area (Å²) in [5.74, 6) is -0.936. The molecule has 0 aliphatic carbocycles. The van der Waals surface area contributed by atoms with E-state index in [1.165, 1.54) is 11.8 Å². The summed E-state index contributed by atoms with van der Waals surface area (Å²) in [6.45, 7) is 1.94. The van der Waals surface area contributed by atoms with E-state index in [9.17, 15) is 4.79 Å². The maximum absolute atomic E-state index is 11.0. The van der Waals surface area contributed by atoms with Crippen molar-refractivity contribution in [1.82, 2.24) is 4.98 Å². The Morgan fingerprint density at radius 3 is 2.88 bits per heavy atom. The Kier molecular flexibility index (Phi) is 3.86. The molecule has 3 nitrogen and oxygen atoms in total. The molecule has 0 amide bonds. The number of aryl methyl sites for hydroxylation is 1. The summed E-state index contributed by atoms with van der Waals surface area (Å²) in [5, 5.41) is 11.0. The Balaban J connectivity index is 2.28. The van der Waals surface area contributed by atoms with Gasteiger partial charge in [-0.1, -0.05) is 11.8 Å². The molecule has 0 radical (unpaired) electrons. The second-order valence-corrected chi connectivity index (χ2v) is 6.34. The molecule has 2 rings (SSSR count). The van der Waals surface area contributed by atoms with Gasteiger partial charge in [-0.15, -0.1) is 11.3 Å². The molecular formula is C11H8BrNO2S2. The number of carboxylic acids is 1. The van der Waals surface area contributed by atoms with E-state index >= 15 is 0 Å². The lowest BCUT2D eigenvalue weighted by Crippen LogP contribution is -1.97. The first-order chi connectivity index (χ1) is 8.06. The number of thiazole rings is 1. The standard InChI is InChI=1S/C11H8BrNO2S2/c1-6-5-16-11(13-6)17-7-2-3-9(12)8(4-7)10(14)15/h2-5H,1H3,(H,14,15). The van der Waals surface area contributed by atoms with Crippen LogP contribution in [-0.4, -0.2) is 16.1 Å². The van der Waals surface area contributed by atoms with Crippen LogP contribution >= 0.6 is 39.0 Å². The number of carboxylic acid groups (broad SMARTS) is 1. The van der Waals surface area contributed by atoms with Crippen LogP contribution in [0.2, 0.25) is 0 Å². The number of halogens is 1. The van der Waals surface area contributed by atoms with Crippen molar-refractivity contribution in [3.63, 3.8) is 0 Å². The third kappa shape index (κ3) is 3.08. The number of hydrogen-bond donors (Lipinski definition) is 1. The molecule has 0 saturated heterocycles. The molecule has 6 heteroatoms. The van der Waals surface area contributed by atoms with Gasteiger partial charge in [-0.2, -0.15) is 0 Å². The van der Waals surface area contributed by atoms with Gasteiger partial charge in [0, 0.05) is 20.4 Å². The van der Waals surface area contributed by atoms with Gasteiger partial charge in [0.05, 0.1) is 5.56 Å². The van der Waals surface area contributed by atoms with Gasteiger partial charge in [0.1, 0.15) is 0 Å². The molecule has 0 fully saturated rings. The third-order valence-corrected chi connectivity index (χ3v) is 4.71. The predicted octanol–water partition coefficient (Wildman–Crippen LogP) is 4.06. The van der Waals surface area contributed by atoms with Gasteiger partial charge >= 0.3 is 5.97 Å². The maximum atomic E-state index is 11.0. The van der Waals surface area contributed by atoms with Gasteiger partial charge in [-0.05, 0) is 41.1 Å². The van der Waals surface area contributed by atoms with Crippen molar-refractivity contribution in [3.05, 3.63) is 39.3 Å². The zero-order valence-electron chi connectivity index (χ0n) is 8.81. The number of nitrogens with zero attached hydrogens (tertiary/aromatic N) is 1. The highest BCUT2D eigenvalue weighted by Crippen LogP contribution is 2.32. The van der Waals surface area contributed by atoms with Crippen molar-refractivity contribution in [2.45, 2.75) is 16.2 Å². The number of aromatic nitrogens is 1. The predicted molar refractivity (Wildman–Crippen MR) is 72.1 cm³/mol. The van der Waals surface area contributed by atoms with E-state index in [2.05, 4.69) is 20.9 Å². The van der Waals surface area contributed by atoms with E-state index in [1.807, 2.05) is 18.4 Å². The molecule has 0 aliphatic heterocycles. The molecule has 0 saturated carbocycles. The minimum atomic E-state index is -0.936. The van der Waals surface area contributed by atoms with Crippen LogP contribution in [0.15, 0.2) is 37.3 Å². The summed E-state index contributed by atoms with van der Waals surface area (Å²) >= 11 is 6.24. The number of carbonyl (C=O) groups is 1. The largest absolute Gasteiger partial charge is 0.478 e. The summed E-state index contributed by atoms with van der Waals surface area (Å²) in [4.78, 5) is 16.2. The van der Waals surface area contributed by atoms with Gasteiger partial charge in [0.2, 0.25) is 0 Å². The molecule has 1 heterocycles. The molecule has 0 bridgehead atoms. The van der Waals surface area contributed by atoms with Crippen molar-refractivity contribution >= 4 is 45.0 Å². The minimum Gasteiger partial charge on any atom is -0.478 e. The van der Waals surface area contributed by atoms with E-state index in [0.717, 1.165) is 14.9 Å². The van der Waals surface area contributed by atoms with Gasteiger partial charge in [0.15, 0.2) is 4.34 Å². The molecule has 17 heavy (non-hydrogen) atoms. The Hall–Kier alpha value is -0.850. The smallest absolute Gasteiger partial charge is 0.336 e. The first kappa shape index (κ1) is 12.6. The quantitative estimate of drug-likeness (QED) is 0.922. The molecular weight excluding hydrogens is 322 g/mol. The third-order valence-electron chi connectivity index (χ3n) is 1.97. The molecule has 0 unspecified atom stereocenters. The van der Waals surface area contributed by atoms with Crippen LogP contribution in [0.3, 0.4) is 0 Å². The highest BCUT2D eigenvalue weighted by Gasteiger charge is 2.10. The molecule has 1 aromatic carbocycles. The number of rotatable bonds is 3. The van der Waals surface area contributed by atoms with Crippen LogP contribution in [-0.2, 0) is 0 Å². The first-order valence-corrected chi connectivity index (χ1v) is 7.18. The van der Waals surface area contributed by atoms with Crippen molar-refractivity contribution in [2.75, 3.05) is 0 Å². The summed E-state index contributed by atoms with van der Waals surface area (Å²) in [6.07, 6.45) is 0. The normalized spacial score (nSPS) is 10.5. The minimum absolute atomic E-state index is 0.267. The van der Waals surface area contributed by atoms with Crippen LogP contribution in [0.1, 0.15) is 16.1 Å². The number of aromatic carboxylic acids is 1.